The normalized spacial score (nSPS) is 20.5. The van der Waals surface area contributed by atoms with Gasteiger partial charge in [-0.1, -0.05) is 0 Å². The molecule has 1 aromatic rings. The Kier molecular flexibility index (Phi) is 3.47. The van der Waals surface area contributed by atoms with Gasteiger partial charge in [0.15, 0.2) is 0 Å². The van der Waals surface area contributed by atoms with Crippen LogP contribution in [0.15, 0.2) is 6.07 Å². The van der Waals surface area contributed by atoms with Crippen LogP contribution >= 0.6 is 0 Å². The van der Waals surface area contributed by atoms with E-state index in [1.165, 1.54) is 0 Å². The van der Waals surface area contributed by atoms with Crippen LogP contribution in [-0.4, -0.2) is 49.7 Å². The Bertz CT molecular complexity index is 390. The Hall–Kier alpha value is -1.36. The fraction of sp³-hybridized carbons (Fsp3) is 0.667. The highest BCUT2D eigenvalue weighted by atomic mass is 15.3. The molecule has 0 radical (unpaired) electrons. The van der Waals surface area contributed by atoms with Gasteiger partial charge < -0.3 is 15.1 Å². The molecule has 5 nitrogen and oxygen atoms in total. The summed E-state index contributed by atoms with van der Waals surface area (Å²) in [5, 5.41) is 3.39. The molecule has 1 aliphatic rings. The van der Waals surface area contributed by atoms with E-state index in [0.717, 1.165) is 37.1 Å². The Morgan fingerprint density at radius 2 is 2.18 bits per heavy atom. The van der Waals surface area contributed by atoms with Crippen molar-refractivity contribution in [2.45, 2.75) is 19.9 Å². The number of hydrogen-bond acceptors (Lipinski definition) is 5. The fourth-order valence-electron chi connectivity index (χ4n) is 2.09. The summed E-state index contributed by atoms with van der Waals surface area (Å²) in [5.74, 6) is 2.84. The molecule has 17 heavy (non-hydrogen) atoms. The van der Waals surface area contributed by atoms with Gasteiger partial charge in [0.25, 0.3) is 0 Å². The molecule has 1 aromatic heterocycles. The van der Waals surface area contributed by atoms with Crippen LogP contribution in [0.4, 0.5) is 11.6 Å². The molecule has 0 aliphatic carbocycles. The molecule has 1 saturated heterocycles. The third-order valence-corrected chi connectivity index (χ3v) is 3.06. The third-order valence-electron chi connectivity index (χ3n) is 3.06. The van der Waals surface area contributed by atoms with Crippen molar-refractivity contribution in [1.82, 2.24) is 15.3 Å². The molecular formula is C12H21N5. The van der Waals surface area contributed by atoms with Gasteiger partial charge in [0.2, 0.25) is 0 Å². The Balaban J connectivity index is 2.30. The number of nitrogens with one attached hydrogen (secondary N) is 1. The summed E-state index contributed by atoms with van der Waals surface area (Å²) in [6.45, 7) is 7.21. The summed E-state index contributed by atoms with van der Waals surface area (Å²) in [6.07, 6.45) is 0. The summed E-state index contributed by atoms with van der Waals surface area (Å²) in [6, 6.07) is 2.54. The average Bonchev–Trinajstić information content (AvgIpc) is 2.28. The third kappa shape index (κ3) is 2.66. The Morgan fingerprint density at radius 1 is 1.41 bits per heavy atom. The zero-order valence-electron chi connectivity index (χ0n) is 11.1. The largest absolute Gasteiger partial charge is 0.363 e. The van der Waals surface area contributed by atoms with E-state index in [1.54, 1.807) is 0 Å². The lowest BCUT2D eigenvalue weighted by Crippen LogP contribution is -2.50. The molecule has 0 aromatic carbocycles. The predicted octanol–water partition coefficient (Wildman–Crippen LogP) is 0.649. The van der Waals surface area contributed by atoms with Crippen molar-refractivity contribution >= 4 is 11.6 Å². The second-order valence-electron chi connectivity index (χ2n) is 4.77. The first-order valence-electron chi connectivity index (χ1n) is 6.08. The number of aromatic nitrogens is 2. The maximum absolute atomic E-state index is 4.55. The van der Waals surface area contributed by atoms with Crippen LogP contribution in [0.2, 0.25) is 0 Å². The predicted molar refractivity (Wildman–Crippen MR) is 70.8 cm³/mol. The van der Waals surface area contributed by atoms with Crippen molar-refractivity contribution in [1.29, 1.82) is 0 Å². The van der Waals surface area contributed by atoms with Gasteiger partial charge in [-0.25, -0.2) is 9.97 Å². The van der Waals surface area contributed by atoms with Crippen molar-refractivity contribution in [3.63, 3.8) is 0 Å². The van der Waals surface area contributed by atoms with Crippen LogP contribution in [0, 0.1) is 6.92 Å². The van der Waals surface area contributed by atoms with Crippen LogP contribution in [0.5, 0.6) is 0 Å². The quantitative estimate of drug-likeness (QED) is 0.815. The maximum atomic E-state index is 4.55. The molecule has 1 aliphatic heterocycles. The highest BCUT2D eigenvalue weighted by Crippen LogP contribution is 2.20. The van der Waals surface area contributed by atoms with E-state index in [9.17, 15) is 0 Å². The van der Waals surface area contributed by atoms with E-state index in [2.05, 4.69) is 33.2 Å². The molecule has 5 heteroatoms. The number of hydrogen-bond donors (Lipinski definition) is 1. The van der Waals surface area contributed by atoms with Crippen LogP contribution in [0.25, 0.3) is 0 Å². The first-order valence-corrected chi connectivity index (χ1v) is 6.08. The lowest BCUT2D eigenvalue weighted by atomic mass is 10.2. The number of rotatable bonds is 2. The molecule has 0 amide bonds. The number of aryl methyl sites for hydroxylation is 1. The highest BCUT2D eigenvalue weighted by molar-refractivity contribution is 5.51. The molecule has 1 unspecified atom stereocenters. The lowest BCUT2D eigenvalue weighted by Gasteiger charge is -2.35. The summed E-state index contributed by atoms with van der Waals surface area (Å²) in [7, 11) is 4.01. The molecule has 1 fully saturated rings. The summed E-state index contributed by atoms with van der Waals surface area (Å²) < 4.78 is 0. The fourth-order valence-corrected chi connectivity index (χ4v) is 2.09. The van der Waals surface area contributed by atoms with Gasteiger partial charge >= 0.3 is 0 Å². The van der Waals surface area contributed by atoms with Gasteiger partial charge in [-0.05, 0) is 13.8 Å². The van der Waals surface area contributed by atoms with E-state index in [-0.39, 0.29) is 0 Å². The molecular weight excluding hydrogens is 214 g/mol. The summed E-state index contributed by atoms with van der Waals surface area (Å²) >= 11 is 0. The zero-order valence-corrected chi connectivity index (χ0v) is 11.1. The summed E-state index contributed by atoms with van der Waals surface area (Å²) in [5.41, 5.74) is 0. The van der Waals surface area contributed by atoms with Gasteiger partial charge in [-0.15, -0.1) is 0 Å². The summed E-state index contributed by atoms with van der Waals surface area (Å²) in [4.78, 5) is 13.3. The van der Waals surface area contributed by atoms with Crippen LogP contribution in [0.1, 0.15) is 12.7 Å². The van der Waals surface area contributed by atoms with Crippen molar-refractivity contribution in [2.75, 3.05) is 43.5 Å². The Labute approximate surface area is 103 Å². The number of anilines is 2. The molecule has 2 heterocycles. The van der Waals surface area contributed by atoms with Crippen LogP contribution in [0.3, 0.4) is 0 Å². The average molecular weight is 235 g/mol. The minimum Gasteiger partial charge on any atom is -0.363 e. The van der Waals surface area contributed by atoms with Crippen molar-refractivity contribution in [3.05, 3.63) is 11.9 Å². The van der Waals surface area contributed by atoms with Crippen molar-refractivity contribution in [2.24, 2.45) is 0 Å². The van der Waals surface area contributed by atoms with Crippen LogP contribution in [-0.2, 0) is 0 Å². The van der Waals surface area contributed by atoms with E-state index >= 15 is 0 Å². The first-order chi connectivity index (χ1) is 8.08. The van der Waals surface area contributed by atoms with Crippen LogP contribution < -0.4 is 15.1 Å². The highest BCUT2D eigenvalue weighted by Gasteiger charge is 2.20. The van der Waals surface area contributed by atoms with Gasteiger partial charge in [0, 0.05) is 45.8 Å². The topological polar surface area (TPSA) is 44.3 Å². The molecule has 1 atom stereocenters. The van der Waals surface area contributed by atoms with Gasteiger partial charge in [-0.3, -0.25) is 0 Å². The maximum Gasteiger partial charge on any atom is 0.134 e. The standard InChI is InChI=1S/C12H21N5/c1-9-8-13-5-6-17(9)12-7-11(16(3)4)14-10(2)15-12/h7,9,13H,5-6,8H2,1-4H3. The van der Waals surface area contributed by atoms with E-state index in [4.69, 9.17) is 0 Å². The molecule has 2 rings (SSSR count). The minimum atomic E-state index is 0.480. The zero-order chi connectivity index (χ0) is 12.4. The minimum absolute atomic E-state index is 0.480. The van der Waals surface area contributed by atoms with E-state index < -0.39 is 0 Å². The molecule has 0 saturated carbocycles. The molecule has 94 valence electrons. The second-order valence-corrected chi connectivity index (χ2v) is 4.77. The number of nitrogens with zero attached hydrogens (tertiary/aromatic N) is 4. The number of piperazine rings is 1. The van der Waals surface area contributed by atoms with E-state index in [0.29, 0.717) is 6.04 Å². The first kappa shape index (κ1) is 12.1. The Morgan fingerprint density at radius 3 is 2.82 bits per heavy atom. The molecule has 0 spiro atoms. The molecule has 1 N–H and O–H groups in total. The second kappa shape index (κ2) is 4.87. The van der Waals surface area contributed by atoms with E-state index in [1.807, 2.05) is 25.9 Å². The van der Waals surface area contributed by atoms with Crippen molar-refractivity contribution in [3.8, 4) is 0 Å². The van der Waals surface area contributed by atoms with Gasteiger partial charge in [-0.2, -0.15) is 0 Å². The van der Waals surface area contributed by atoms with Gasteiger partial charge in [0.05, 0.1) is 0 Å². The monoisotopic (exact) mass is 235 g/mol. The lowest BCUT2D eigenvalue weighted by molar-refractivity contribution is 0.496. The van der Waals surface area contributed by atoms with Gasteiger partial charge in [0.1, 0.15) is 17.5 Å². The van der Waals surface area contributed by atoms with Crippen molar-refractivity contribution < 1.29 is 0 Å². The smallest absolute Gasteiger partial charge is 0.134 e. The molecule has 0 bridgehead atoms. The SMILES string of the molecule is Cc1nc(N(C)C)cc(N2CCNCC2C)n1.